The highest BCUT2D eigenvalue weighted by molar-refractivity contribution is 7.99. The van der Waals surface area contributed by atoms with Gasteiger partial charge in [0.25, 0.3) is 0 Å². The highest BCUT2D eigenvalue weighted by Crippen LogP contribution is 2.22. The zero-order valence-corrected chi connectivity index (χ0v) is 18.5. The van der Waals surface area contributed by atoms with Crippen molar-refractivity contribution in [1.29, 1.82) is 0 Å². The molecule has 3 rings (SSSR count). The first kappa shape index (κ1) is 21.5. The number of nitrogens with one attached hydrogen (secondary N) is 1. The Morgan fingerprint density at radius 3 is 2.59 bits per heavy atom. The molecule has 0 fully saturated rings. The molecule has 0 saturated heterocycles. The Hall–Kier alpha value is -2.21. The molecule has 150 valence electrons. The van der Waals surface area contributed by atoms with Crippen LogP contribution in [0.5, 0.6) is 0 Å². The molecule has 29 heavy (non-hydrogen) atoms. The molecule has 0 radical (unpaired) electrons. The van der Waals surface area contributed by atoms with Gasteiger partial charge < -0.3 is 4.57 Å². The van der Waals surface area contributed by atoms with Crippen molar-refractivity contribution in [1.82, 2.24) is 9.99 Å². The van der Waals surface area contributed by atoms with Crippen LogP contribution in [0.2, 0.25) is 10.0 Å². The summed E-state index contributed by atoms with van der Waals surface area (Å²) in [4.78, 5) is 12.0. The van der Waals surface area contributed by atoms with Crippen LogP contribution >= 0.6 is 35.0 Å². The summed E-state index contributed by atoms with van der Waals surface area (Å²) in [6, 6.07) is 17.3. The van der Waals surface area contributed by atoms with Gasteiger partial charge in [-0.1, -0.05) is 41.4 Å². The minimum absolute atomic E-state index is 0.135. The van der Waals surface area contributed by atoms with E-state index in [0.717, 1.165) is 34.0 Å². The first-order valence-corrected chi connectivity index (χ1v) is 10.9. The topological polar surface area (TPSA) is 46.4 Å². The maximum Gasteiger partial charge on any atom is 0.250 e. The van der Waals surface area contributed by atoms with E-state index in [0.29, 0.717) is 15.8 Å². The van der Waals surface area contributed by atoms with Gasteiger partial charge in [-0.25, -0.2) is 5.43 Å². The zero-order chi connectivity index (χ0) is 20.8. The summed E-state index contributed by atoms with van der Waals surface area (Å²) in [5.41, 5.74) is 7.75. The van der Waals surface area contributed by atoms with E-state index in [-0.39, 0.29) is 5.91 Å². The van der Waals surface area contributed by atoms with Crippen LogP contribution in [0.25, 0.3) is 5.69 Å². The fourth-order valence-corrected chi connectivity index (χ4v) is 4.07. The second-order valence-electron chi connectivity index (χ2n) is 6.55. The number of nitrogens with zero attached hydrogens (tertiary/aromatic N) is 2. The molecule has 0 spiro atoms. The quantitative estimate of drug-likeness (QED) is 0.369. The predicted octanol–water partition coefficient (Wildman–Crippen LogP) is 5.78. The van der Waals surface area contributed by atoms with Crippen molar-refractivity contribution in [2.45, 2.75) is 19.6 Å². The van der Waals surface area contributed by atoms with Crippen LogP contribution in [0.15, 0.2) is 59.7 Å². The van der Waals surface area contributed by atoms with Crippen molar-refractivity contribution in [2.24, 2.45) is 5.10 Å². The molecule has 0 unspecified atom stereocenters. The van der Waals surface area contributed by atoms with E-state index in [1.165, 1.54) is 11.8 Å². The third-order valence-corrected chi connectivity index (χ3v) is 5.84. The molecule has 2 aromatic carbocycles. The van der Waals surface area contributed by atoms with E-state index >= 15 is 0 Å². The Labute approximate surface area is 184 Å². The Balaban J connectivity index is 1.55. The minimum atomic E-state index is -0.135. The highest BCUT2D eigenvalue weighted by Gasteiger charge is 2.10. The molecule has 1 heterocycles. The summed E-state index contributed by atoms with van der Waals surface area (Å²) >= 11 is 13.5. The number of amides is 1. The van der Waals surface area contributed by atoms with Gasteiger partial charge in [0.05, 0.1) is 12.0 Å². The number of carbonyl (C=O) groups is 1. The Morgan fingerprint density at radius 1 is 1.10 bits per heavy atom. The number of hydrogen-bond acceptors (Lipinski definition) is 3. The second-order valence-corrected chi connectivity index (χ2v) is 8.41. The molecule has 0 aliphatic carbocycles. The monoisotopic (exact) mass is 445 g/mol. The van der Waals surface area contributed by atoms with Crippen LogP contribution in [-0.2, 0) is 10.5 Å². The fourth-order valence-electron chi connectivity index (χ4n) is 2.98. The molecule has 7 heteroatoms. The lowest BCUT2D eigenvalue weighted by Gasteiger charge is -2.09. The van der Waals surface area contributed by atoms with Crippen molar-refractivity contribution >= 4 is 47.1 Å². The van der Waals surface area contributed by atoms with E-state index < -0.39 is 0 Å². The smallest absolute Gasteiger partial charge is 0.250 e. The van der Waals surface area contributed by atoms with Crippen molar-refractivity contribution in [2.75, 3.05) is 5.75 Å². The van der Waals surface area contributed by atoms with E-state index in [4.69, 9.17) is 23.2 Å². The molecule has 3 aromatic rings. The number of benzene rings is 2. The van der Waals surface area contributed by atoms with Crippen LogP contribution in [0, 0.1) is 13.8 Å². The Kier molecular flexibility index (Phi) is 7.42. The van der Waals surface area contributed by atoms with Gasteiger partial charge in [0.2, 0.25) is 5.91 Å². The molecular formula is C22H21Cl2N3OS. The summed E-state index contributed by atoms with van der Waals surface area (Å²) in [5.74, 6) is 0.945. The average Bonchev–Trinajstić information content (AvgIpc) is 2.97. The summed E-state index contributed by atoms with van der Waals surface area (Å²) in [6.07, 6.45) is 1.67. The molecule has 0 bridgehead atoms. The maximum atomic E-state index is 12.0. The van der Waals surface area contributed by atoms with Gasteiger partial charge in [-0.2, -0.15) is 5.10 Å². The van der Waals surface area contributed by atoms with Crippen LogP contribution in [0.3, 0.4) is 0 Å². The molecule has 0 saturated carbocycles. The third-order valence-electron chi connectivity index (χ3n) is 4.34. The molecule has 1 aromatic heterocycles. The number of halogens is 2. The Morgan fingerprint density at radius 2 is 1.86 bits per heavy atom. The van der Waals surface area contributed by atoms with Gasteiger partial charge in [-0.15, -0.1) is 11.8 Å². The number of hydrazone groups is 1. The highest BCUT2D eigenvalue weighted by atomic mass is 35.5. The van der Waals surface area contributed by atoms with Gasteiger partial charge in [-0.05, 0) is 55.8 Å². The molecule has 1 N–H and O–H groups in total. The first-order valence-electron chi connectivity index (χ1n) is 9.03. The summed E-state index contributed by atoms with van der Waals surface area (Å²) in [7, 11) is 0. The normalized spacial score (nSPS) is 11.2. The molecule has 0 aliphatic heterocycles. The predicted molar refractivity (Wildman–Crippen MR) is 124 cm³/mol. The second kappa shape index (κ2) is 10.0. The number of hydrogen-bond donors (Lipinski definition) is 1. The van der Waals surface area contributed by atoms with E-state index in [9.17, 15) is 4.79 Å². The fraction of sp³-hybridized carbons (Fsp3) is 0.182. The van der Waals surface area contributed by atoms with Crippen molar-refractivity contribution in [3.8, 4) is 5.69 Å². The van der Waals surface area contributed by atoms with Gasteiger partial charge in [0, 0.05) is 38.4 Å². The van der Waals surface area contributed by atoms with Crippen molar-refractivity contribution in [3.63, 3.8) is 0 Å². The molecule has 4 nitrogen and oxygen atoms in total. The minimum Gasteiger partial charge on any atom is -0.318 e. The molecular weight excluding hydrogens is 425 g/mol. The van der Waals surface area contributed by atoms with Crippen LogP contribution in [0.4, 0.5) is 0 Å². The largest absolute Gasteiger partial charge is 0.318 e. The SMILES string of the molecule is Cc1cc(/C=N/NC(=O)CSCc2ccc(Cl)cc2)c(C)n1-c1cccc(Cl)c1. The van der Waals surface area contributed by atoms with E-state index in [1.807, 2.05) is 68.4 Å². The number of aryl methyl sites for hydroxylation is 1. The summed E-state index contributed by atoms with van der Waals surface area (Å²) in [6.45, 7) is 4.04. The summed E-state index contributed by atoms with van der Waals surface area (Å²) < 4.78 is 2.11. The van der Waals surface area contributed by atoms with Gasteiger partial charge >= 0.3 is 0 Å². The summed E-state index contributed by atoms with van der Waals surface area (Å²) in [5, 5.41) is 5.51. The number of aromatic nitrogens is 1. The van der Waals surface area contributed by atoms with Gasteiger partial charge in [-0.3, -0.25) is 4.79 Å². The third kappa shape index (κ3) is 5.89. The van der Waals surface area contributed by atoms with Gasteiger partial charge in [0.1, 0.15) is 0 Å². The lowest BCUT2D eigenvalue weighted by molar-refractivity contribution is -0.118. The van der Waals surface area contributed by atoms with Crippen LogP contribution < -0.4 is 5.43 Å². The lowest BCUT2D eigenvalue weighted by atomic mass is 10.2. The zero-order valence-electron chi connectivity index (χ0n) is 16.2. The van der Waals surface area contributed by atoms with Crippen molar-refractivity contribution in [3.05, 3.63) is 87.2 Å². The van der Waals surface area contributed by atoms with Gasteiger partial charge in [0.15, 0.2) is 0 Å². The first-order chi connectivity index (χ1) is 13.9. The number of carbonyl (C=O) groups excluding carboxylic acids is 1. The standard InChI is InChI=1S/C22H21Cl2N3OS/c1-15-10-18(16(2)27(15)21-5-3-4-20(24)11-21)12-25-26-22(28)14-29-13-17-6-8-19(23)9-7-17/h3-12H,13-14H2,1-2H3,(H,26,28)/b25-12+. The Bertz CT molecular complexity index is 1030. The van der Waals surface area contributed by atoms with Crippen LogP contribution in [0.1, 0.15) is 22.5 Å². The molecule has 1 amide bonds. The van der Waals surface area contributed by atoms with E-state index in [1.54, 1.807) is 6.21 Å². The van der Waals surface area contributed by atoms with Crippen molar-refractivity contribution < 1.29 is 4.79 Å². The lowest BCUT2D eigenvalue weighted by Crippen LogP contribution is -2.19. The number of thioether (sulfide) groups is 1. The molecule has 0 aliphatic rings. The molecule has 0 atom stereocenters. The van der Waals surface area contributed by atoms with E-state index in [2.05, 4.69) is 15.1 Å². The maximum absolute atomic E-state index is 12.0. The average molecular weight is 446 g/mol. The van der Waals surface area contributed by atoms with Crippen LogP contribution in [-0.4, -0.2) is 22.4 Å². The number of rotatable bonds is 7.